The molecule has 1 atom stereocenters. The zero-order chi connectivity index (χ0) is 13.1. The number of carboxylic acids is 1. The number of hydrogen-bond acceptors (Lipinski definition) is 4. The number of carboxylic acid groups (broad SMARTS) is 1. The normalized spacial score (nSPS) is 12.3. The second-order valence-corrected chi connectivity index (χ2v) is 4.31. The van der Waals surface area contributed by atoms with Crippen LogP contribution in [-0.2, 0) is 11.3 Å². The first-order valence-corrected chi connectivity index (χ1v) is 5.71. The Morgan fingerprint density at radius 3 is 2.89 bits per heavy atom. The Labute approximate surface area is 108 Å². The number of carbonyl (C=O) groups is 1. The van der Waals surface area contributed by atoms with Gasteiger partial charge in [0.25, 0.3) is 0 Å². The molecule has 1 heterocycles. The van der Waals surface area contributed by atoms with Crippen molar-refractivity contribution in [3.05, 3.63) is 29.3 Å². The Morgan fingerprint density at radius 1 is 1.50 bits per heavy atom. The third-order valence-corrected chi connectivity index (χ3v) is 2.84. The van der Waals surface area contributed by atoms with Gasteiger partial charge in [0.15, 0.2) is 5.82 Å². The number of hydrogen-bond donors (Lipinski definition) is 1. The lowest BCUT2D eigenvalue weighted by molar-refractivity contribution is -0.141. The Morgan fingerprint density at radius 2 is 2.22 bits per heavy atom. The number of halogens is 1. The van der Waals surface area contributed by atoms with E-state index in [0.717, 1.165) is 0 Å². The zero-order valence-electron chi connectivity index (χ0n) is 9.62. The van der Waals surface area contributed by atoms with E-state index in [4.69, 9.17) is 16.7 Å². The van der Waals surface area contributed by atoms with E-state index in [-0.39, 0.29) is 6.54 Å². The quantitative estimate of drug-likeness (QED) is 0.911. The molecule has 94 valence electrons. The van der Waals surface area contributed by atoms with Crippen LogP contribution in [0.4, 0.5) is 0 Å². The van der Waals surface area contributed by atoms with Gasteiger partial charge in [-0.15, -0.1) is 5.10 Å². The largest absolute Gasteiger partial charge is 0.481 e. The first-order valence-electron chi connectivity index (χ1n) is 5.33. The molecule has 6 nitrogen and oxygen atoms in total. The molecule has 1 N–H and O–H groups in total. The summed E-state index contributed by atoms with van der Waals surface area (Å²) >= 11 is 6.06. The minimum Gasteiger partial charge on any atom is -0.481 e. The maximum Gasteiger partial charge on any atom is 0.308 e. The van der Waals surface area contributed by atoms with Crippen molar-refractivity contribution in [2.24, 2.45) is 5.92 Å². The highest BCUT2D eigenvalue weighted by Gasteiger charge is 2.17. The molecule has 0 bridgehead atoms. The van der Waals surface area contributed by atoms with E-state index < -0.39 is 11.9 Å². The van der Waals surface area contributed by atoms with Crippen LogP contribution in [0.5, 0.6) is 0 Å². The van der Waals surface area contributed by atoms with Crippen molar-refractivity contribution < 1.29 is 9.90 Å². The summed E-state index contributed by atoms with van der Waals surface area (Å²) in [6.45, 7) is 1.79. The van der Waals surface area contributed by atoms with Crippen molar-refractivity contribution >= 4 is 17.6 Å². The number of nitrogens with zero attached hydrogens (tertiary/aromatic N) is 4. The predicted molar refractivity (Wildman–Crippen MR) is 65.1 cm³/mol. The van der Waals surface area contributed by atoms with Crippen LogP contribution >= 0.6 is 11.6 Å². The summed E-state index contributed by atoms with van der Waals surface area (Å²) in [6.07, 6.45) is 0. The summed E-state index contributed by atoms with van der Waals surface area (Å²) in [5, 5.41) is 20.7. The summed E-state index contributed by atoms with van der Waals surface area (Å²) in [5.41, 5.74) is 0.682. The number of benzene rings is 1. The van der Waals surface area contributed by atoms with Crippen molar-refractivity contribution in [1.29, 1.82) is 0 Å². The standard InChI is InChI=1S/C11H11ClN4O2/c1-7(11(17)18)6-16-10(13-14-15-16)8-4-2-3-5-9(8)12/h2-5,7H,6H2,1H3,(H,17,18). The number of aliphatic carboxylic acids is 1. The van der Waals surface area contributed by atoms with Gasteiger partial charge in [0, 0.05) is 5.56 Å². The summed E-state index contributed by atoms with van der Waals surface area (Å²) in [4.78, 5) is 10.8. The molecule has 18 heavy (non-hydrogen) atoms. The van der Waals surface area contributed by atoms with Crippen LogP contribution < -0.4 is 0 Å². The Hall–Kier alpha value is -1.95. The van der Waals surface area contributed by atoms with E-state index in [2.05, 4.69) is 15.5 Å². The van der Waals surface area contributed by atoms with Crippen molar-refractivity contribution in [2.75, 3.05) is 0 Å². The molecule has 0 saturated carbocycles. The van der Waals surface area contributed by atoms with Crippen LogP contribution in [0.1, 0.15) is 6.92 Å². The highest BCUT2D eigenvalue weighted by atomic mass is 35.5. The molecule has 1 aromatic carbocycles. The van der Waals surface area contributed by atoms with E-state index in [9.17, 15) is 4.79 Å². The van der Waals surface area contributed by atoms with Gasteiger partial charge in [0.05, 0.1) is 17.5 Å². The summed E-state index contributed by atoms with van der Waals surface area (Å²) < 4.78 is 1.44. The smallest absolute Gasteiger partial charge is 0.308 e. The lowest BCUT2D eigenvalue weighted by atomic mass is 10.1. The molecular formula is C11H11ClN4O2. The van der Waals surface area contributed by atoms with Gasteiger partial charge in [0.2, 0.25) is 0 Å². The molecule has 0 fully saturated rings. The lowest BCUT2D eigenvalue weighted by Gasteiger charge is -2.08. The third-order valence-electron chi connectivity index (χ3n) is 2.52. The van der Waals surface area contributed by atoms with Gasteiger partial charge in [0.1, 0.15) is 0 Å². The van der Waals surface area contributed by atoms with Crippen molar-refractivity contribution in [3.63, 3.8) is 0 Å². The Kier molecular flexibility index (Phi) is 3.57. The fraction of sp³-hybridized carbons (Fsp3) is 0.273. The Bertz CT molecular complexity index is 570. The Balaban J connectivity index is 2.34. The average molecular weight is 267 g/mol. The fourth-order valence-electron chi connectivity index (χ4n) is 1.50. The second kappa shape index (κ2) is 5.14. The zero-order valence-corrected chi connectivity index (χ0v) is 10.4. The molecule has 0 saturated heterocycles. The van der Waals surface area contributed by atoms with Crippen molar-refractivity contribution in [3.8, 4) is 11.4 Å². The first kappa shape index (κ1) is 12.5. The highest BCUT2D eigenvalue weighted by Crippen LogP contribution is 2.25. The predicted octanol–water partition coefficient (Wildman–Crippen LogP) is 1.71. The molecule has 0 aliphatic carbocycles. The fourth-order valence-corrected chi connectivity index (χ4v) is 1.72. The van der Waals surface area contributed by atoms with Crippen LogP contribution in [-0.4, -0.2) is 31.3 Å². The van der Waals surface area contributed by atoms with Crippen molar-refractivity contribution in [2.45, 2.75) is 13.5 Å². The van der Waals surface area contributed by atoms with Crippen LogP contribution in [0.15, 0.2) is 24.3 Å². The molecule has 2 rings (SSSR count). The summed E-state index contributed by atoms with van der Waals surface area (Å²) in [6, 6.07) is 7.15. The van der Waals surface area contributed by atoms with Crippen LogP contribution in [0, 0.1) is 5.92 Å². The molecule has 1 aromatic heterocycles. The molecule has 0 radical (unpaired) electrons. The number of aromatic nitrogens is 4. The third kappa shape index (κ3) is 2.48. The molecule has 2 aromatic rings. The van der Waals surface area contributed by atoms with E-state index in [1.807, 2.05) is 6.07 Å². The molecule has 7 heteroatoms. The minimum atomic E-state index is -0.893. The molecule has 0 spiro atoms. The van der Waals surface area contributed by atoms with Crippen molar-refractivity contribution in [1.82, 2.24) is 20.2 Å². The van der Waals surface area contributed by atoms with Gasteiger partial charge < -0.3 is 5.11 Å². The molecule has 0 aliphatic rings. The first-order chi connectivity index (χ1) is 8.59. The maximum atomic E-state index is 10.8. The number of tetrazole rings is 1. The van der Waals surface area contributed by atoms with Crippen LogP contribution in [0.2, 0.25) is 5.02 Å². The van der Waals surface area contributed by atoms with E-state index in [1.165, 1.54) is 4.68 Å². The van der Waals surface area contributed by atoms with E-state index in [1.54, 1.807) is 25.1 Å². The van der Waals surface area contributed by atoms with Crippen LogP contribution in [0.25, 0.3) is 11.4 Å². The van der Waals surface area contributed by atoms with Gasteiger partial charge in [-0.25, -0.2) is 4.68 Å². The summed E-state index contributed by atoms with van der Waals surface area (Å²) in [7, 11) is 0. The maximum absolute atomic E-state index is 10.8. The molecule has 0 aliphatic heterocycles. The van der Waals surface area contributed by atoms with E-state index >= 15 is 0 Å². The highest BCUT2D eigenvalue weighted by molar-refractivity contribution is 6.33. The SMILES string of the molecule is CC(Cn1nnnc1-c1ccccc1Cl)C(=O)O. The molecule has 0 amide bonds. The van der Waals surface area contributed by atoms with E-state index in [0.29, 0.717) is 16.4 Å². The van der Waals surface area contributed by atoms with Gasteiger partial charge in [-0.2, -0.15) is 0 Å². The van der Waals surface area contributed by atoms with Gasteiger partial charge in [-0.1, -0.05) is 30.7 Å². The molecule has 1 unspecified atom stereocenters. The lowest BCUT2D eigenvalue weighted by Crippen LogP contribution is -2.18. The molecular weight excluding hydrogens is 256 g/mol. The monoisotopic (exact) mass is 266 g/mol. The number of rotatable bonds is 4. The van der Waals surface area contributed by atoms with Crippen LogP contribution in [0.3, 0.4) is 0 Å². The average Bonchev–Trinajstić information content (AvgIpc) is 2.77. The van der Waals surface area contributed by atoms with Gasteiger partial charge >= 0.3 is 5.97 Å². The second-order valence-electron chi connectivity index (χ2n) is 3.90. The topological polar surface area (TPSA) is 80.9 Å². The van der Waals surface area contributed by atoms with Gasteiger partial charge in [-0.05, 0) is 22.6 Å². The van der Waals surface area contributed by atoms with Gasteiger partial charge in [-0.3, -0.25) is 4.79 Å². The minimum absolute atomic E-state index is 0.197. The summed E-state index contributed by atoms with van der Waals surface area (Å²) in [5.74, 6) is -1.00.